The molecule has 0 amide bonds. The van der Waals surface area contributed by atoms with Crippen LogP contribution in [0.4, 0.5) is 0 Å². The highest BCUT2D eigenvalue weighted by Gasteiger charge is 2.13. The van der Waals surface area contributed by atoms with Gasteiger partial charge in [0.25, 0.3) is 0 Å². The van der Waals surface area contributed by atoms with Crippen molar-refractivity contribution in [3.05, 3.63) is 35.0 Å². The number of fused-ring (bicyclic) bond motifs is 1. The Morgan fingerprint density at radius 3 is 2.56 bits per heavy atom. The SMILES string of the molecule is Cc1cc(C)c2c(c1)c(C(C)C)cn2CCCN. The lowest BCUT2D eigenvalue weighted by molar-refractivity contribution is 0.666. The topological polar surface area (TPSA) is 30.9 Å². The Bertz CT molecular complexity index is 550. The van der Waals surface area contributed by atoms with E-state index in [9.17, 15) is 0 Å². The first kappa shape index (κ1) is 13.2. The Morgan fingerprint density at radius 1 is 1.22 bits per heavy atom. The lowest BCUT2D eigenvalue weighted by Gasteiger charge is -2.07. The number of hydrogen-bond donors (Lipinski definition) is 1. The van der Waals surface area contributed by atoms with Gasteiger partial charge in [0.15, 0.2) is 0 Å². The quantitative estimate of drug-likeness (QED) is 0.873. The monoisotopic (exact) mass is 244 g/mol. The molecule has 0 aliphatic rings. The largest absolute Gasteiger partial charge is 0.347 e. The van der Waals surface area contributed by atoms with Crippen molar-refractivity contribution in [1.29, 1.82) is 0 Å². The standard InChI is InChI=1S/C16H24N2/c1-11(2)15-10-18(7-5-6-17)16-13(4)8-12(3)9-14(15)16/h8-11H,5-7,17H2,1-4H3. The summed E-state index contributed by atoms with van der Waals surface area (Å²) in [5, 5.41) is 1.42. The molecule has 0 aliphatic heterocycles. The minimum absolute atomic E-state index is 0.563. The van der Waals surface area contributed by atoms with Gasteiger partial charge in [0.1, 0.15) is 0 Å². The van der Waals surface area contributed by atoms with Gasteiger partial charge in [-0.1, -0.05) is 25.5 Å². The van der Waals surface area contributed by atoms with E-state index in [0.29, 0.717) is 5.92 Å². The fraction of sp³-hybridized carbons (Fsp3) is 0.500. The van der Waals surface area contributed by atoms with Crippen LogP contribution in [0.1, 0.15) is 42.9 Å². The van der Waals surface area contributed by atoms with Crippen LogP contribution in [0.15, 0.2) is 18.3 Å². The van der Waals surface area contributed by atoms with E-state index in [1.165, 1.54) is 27.6 Å². The van der Waals surface area contributed by atoms with Crippen LogP contribution in [0.25, 0.3) is 10.9 Å². The second kappa shape index (κ2) is 5.15. The second-order valence-electron chi connectivity index (χ2n) is 5.55. The summed E-state index contributed by atoms with van der Waals surface area (Å²) in [5.74, 6) is 0.563. The van der Waals surface area contributed by atoms with Crippen LogP contribution < -0.4 is 5.73 Å². The molecular formula is C16H24N2. The average Bonchev–Trinajstić information content (AvgIpc) is 2.65. The third-order valence-corrected chi connectivity index (χ3v) is 3.56. The zero-order valence-corrected chi connectivity index (χ0v) is 12.0. The number of hydrogen-bond acceptors (Lipinski definition) is 1. The first-order valence-electron chi connectivity index (χ1n) is 6.84. The molecule has 2 N–H and O–H groups in total. The molecule has 0 aliphatic carbocycles. The summed E-state index contributed by atoms with van der Waals surface area (Å²) in [5.41, 5.74) is 11.2. The van der Waals surface area contributed by atoms with Crippen molar-refractivity contribution >= 4 is 10.9 Å². The fourth-order valence-corrected chi connectivity index (χ4v) is 2.76. The second-order valence-corrected chi connectivity index (χ2v) is 5.55. The Hall–Kier alpha value is -1.28. The molecule has 0 spiro atoms. The highest BCUT2D eigenvalue weighted by atomic mass is 15.0. The summed E-state index contributed by atoms with van der Waals surface area (Å²) in [6, 6.07) is 4.59. The number of rotatable bonds is 4. The predicted molar refractivity (Wildman–Crippen MR) is 79.2 cm³/mol. The van der Waals surface area contributed by atoms with Crippen LogP contribution in [0.3, 0.4) is 0 Å². The normalized spacial score (nSPS) is 11.7. The Balaban J connectivity index is 2.64. The van der Waals surface area contributed by atoms with Crippen molar-refractivity contribution in [2.45, 2.75) is 46.6 Å². The molecule has 0 unspecified atom stereocenters. The zero-order valence-electron chi connectivity index (χ0n) is 12.0. The van der Waals surface area contributed by atoms with Crippen molar-refractivity contribution in [2.75, 3.05) is 6.54 Å². The van der Waals surface area contributed by atoms with E-state index in [2.05, 4.69) is 50.6 Å². The van der Waals surface area contributed by atoms with Gasteiger partial charge in [0.2, 0.25) is 0 Å². The maximum atomic E-state index is 5.64. The average molecular weight is 244 g/mol. The number of nitrogens with two attached hydrogens (primary N) is 1. The zero-order chi connectivity index (χ0) is 13.3. The molecule has 2 heteroatoms. The molecular weight excluding hydrogens is 220 g/mol. The van der Waals surface area contributed by atoms with Crippen molar-refractivity contribution in [1.82, 2.24) is 4.57 Å². The molecule has 98 valence electrons. The summed E-state index contributed by atoms with van der Waals surface area (Å²) in [6.07, 6.45) is 3.35. The number of aryl methyl sites for hydroxylation is 3. The van der Waals surface area contributed by atoms with Crippen molar-refractivity contribution < 1.29 is 0 Å². The van der Waals surface area contributed by atoms with E-state index in [-0.39, 0.29) is 0 Å². The summed E-state index contributed by atoms with van der Waals surface area (Å²) in [6.45, 7) is 10.7. The van der Waals surface area contributed by atoms with Gasteiger partial charge in [0.05, 0.1) is 5.52 Å². The first-order chi connectivity index (χ1) is 8.54. The van der Waals surface area contributed by atoms with E-state index in [1.807, 2.05) is 0 Å². The minimum atomic E-state index is 0.563. The summed E-state index contributed by atoms with van der Waals surface area (Å²) in [4.78, 5) is 0. The molecule has 0 bridgehead atoms. The third kappa shape index (κ3) is 2.30. The highest BCUT2D eigenvalue weighted by molar-refractivity contribution is 5.88. The molecule has 0 saturated carbocycles. The van der Waals surface area contributed by atoms with Gasteiger partial charge < -0.3 is 10.3 Å². The van der Waals surface area contributed by atoms with E-state index in [0.717, 1.165) is 19.5 Å². The molecule has 0 atom stereocenters. The summed E-state index contributed by atoms with van der Waals surface area (Å²) < 4.78 is 2.38. The van der Waals surface area contributed by atoms with Gasteiger partial charge in [-0.05, 0) is 49.9 Å². The molecule has 2 aromatic rings. The van der Waals surface area contributed by atoms with Gasteiger partial charge in [-0.15, -0.1) is 0 Å². The van der Waals surface area contributed by atoms with Crippen LogP contribution >= 0.6 is 0 Å². The maximum absolute atomic E-state index is 5.64. The maximum Gasteiger partial charge on any atom is 0.0513 e. The first-order valence-corrected chi connectivity index (χ1v) is 6.84. The lowest BCUT2D eigenvalue weighted by Crippen LogP contribution is -2.05. The van der Waals surface area contributed by atoms with Crippen molar-refractivity contribution in [2.24, 2.45) is 5.73 Å². The Labute approximate surface area is 110 Å². The summed E-state index contributed by atoms with van der Waals surface area (Å²) >= 11 is 0. The van der Waals surface area contributed by atoms with E-state index in [1.54, 1.807) is 0 Å². The molecule has 18 heavy (non-hydrogen) atoms. The van der Waals surface area contributed by atoms with Gasteiger partial charge in [-0.3, -0.25) is 0 Å². The number of nitrogens with zero attached hydrogens (tertiary/aromatic N) is 1. The van der Waals surface area contributed by atoms with Crippen molar-refractivity contribution in [3.63, 3.8) is 0 Å². The molecule has 2 rings (SSSR count). The molecule has 1 heterocycles. The van der Waals surface area contributed by atoms with E-state index in [4.69, 9.17) is 5.73 Å². The fourth-order valence-electron chi connectivity index (χ4n) is 2.76. The lowest BCUT2D eigenvalue weighted by atomic mass is 9.99. The Kier molecular flexibility index (Phi) is 3.76. The van der Waals surface area contributed by atoms with Crippen LogP contribution in [0, 0.1) is 13.8 Å². The highest BCUT2D eigenvalue weighted by Crippen LogP contribution is 2.30. The Morgan fingerprint density at radius 2 is 1.94 bits per heavy atom. The molecule has 2 nitrogen and oxygen atoms in total. The molecule has 1 aromatic heterocycles. The molecule has 0 saturated heterocycles. The molecule has 1 aromatic carbocycles. The smallest absolute Gasteiger partial charge is 0.0513 e. The minimum Gasteiger partial charge on any atom is -0.347 e. The van der Waals surface area contributed by atoms with Gasteiger partial charge in [0, 0.05) is 18.1 Å². The predicted octanol–water partition coefficient (Wildman–Crippen LogP) is 3.73. The molecule has 0 radical (unpaired) electrons. The van der Waals surface area contributed by atoms with Crippen molar-refractivity contribution in [3.8, 4) is 0 Å². The molecule has 0 fully saturated rings. The van der Waals surface area contributed by atoms with Crippen LogP contribution in [-0.4, -0.2) is 11.1 Å². The van der Waals surface area contributed by atoms with Crippen LogP contribution in [0.2, 0.25) is 0 Å². The third-order valence-electron chi connectivity index (χ3n) is 3.56. The summed E-state index contributed by atoms with van der Waals surface area (Å²) in [7, 11) is 0. The van der Waals surface area contributed by atoms with E-state index >= 15 is 0 Å². The number of aromatic nitrogens is 1. The van der Waals surface area contributed by atoms with Gasteiger partial charge >= 0.3 is 0 Å². The van der Waals surface area contributed by atoms with Gasteiger partial charge in [-0.2, -0.15) is 0 Å². The van der Waals surface area contributed by atoms with E-state index < -0.39 is 0 Å². The van der Waals surface area contributed by atoms with Crippen LogP contribution in [0.5, 0.6) is 0 Å². The van der Waals surface area contributed by atoms with Gasteiger partial charge in [-0.25, -0.2) is 0 Å². The van der Waals surface area contributed by atoms with Crippen LogP contribution in [-0.2, 0) is 6.54 Å². The number of benzene rings is 1.